The smallest absolute Gasteiger partial charge is 0.109 e. The molecule has 2 bridgehead atoms. The molecule has 0 aliphatic carbocycles. The van der Waals surface area contributed by atoms with Gasteiger partial charge in [-0.15, -0.1) is 0 Å². The van der Waals surface area contributed by atoms with Crippen LogP contribution in [0, 0.1) is 6.92 Å². The Morgan fingerprint density at radius 1 is 1.33 bits per heavy atom. The lowest BCUT2D eigenvalue weighted by atomic mass is 9.83. The molecule has 4 heteroatoms. The Morgan fingerprint density at radius 2 is 2.00 bits per heavy atom. The Kier molecular flexibility index (Phi) is 3.02. The molecular formula is C14H19NO2S. The fourth-order valence-electron chi connectivity index (χ4n) is 3.23. The highest BCUT2D eigenvalue weighted by atomic mass is 32.2. The van der Waals surface area contributed by atoms with Crippen LogP contribution in [0.1, 0.15) is 43.4 Å². The van der Waals surface area contributed by atoms with E-state index in [0.29, 0.717) is 12.8 Å². The first-order valence-corrected chi connectivity index (χ1v) is 7.91. The minimum Gasteiger partial charge on any atom is -0.383 e. The van der Waals surface area contributed by atoms with Crippen molar-refractivity contribution in [2.24, 2.45) is 0 Å². The molecule has 98 valence electrons. The number of nitrogens with zero attached hydrogens (tertiary/aromatic N) is 1. The third kappa shape index (κ3) is 2.01. The van der Waals surface area contributed by atoms with Crippen molar-refractivity contribution in [3.05, 3.63) is 29.6 Å². The van der Waals surface area contributed by atoms with Gasteiger partial charge < -0.3 is 5.11 Å². The molecule has 0 radical (unpaired) electrons. The van der Waals surface area contributed by atoms with Crippen molar-refractivity contribution >= 4 is 10.8 Å². The predicted molar refractivity (Wildman–Crippen MR) is 71.7 cm³/mol. The average Bonchev–Trinajstić information content (AvgIpc) is 2.32. The number of hydrogen-bond acceptors (Lipinski definition) is 3. The van der Waals surface area contributed by atoms with Gasteiger partial charge in [0, 0.05) is 27.5 Å². The fraction of sp³-hybridized carbons (Fsp3) is 0.643. The maximum atomic E-state index is 12.2. The van der Waals surface area contributed by atoms with Crippen LogP contribution in [0.5, 0.6) is 0 Å². The minimum atomic E-state index is -0.864. The summed E-state index contributed by atoms with van der Waals surface area (Å²) < 4.78 is 12.2. The number of fused-ring (bicyclic) bond motifs is 2. The third-order valence-electron chi connectivity index (χ3n) is 4.23. The van der Waals surface area contributed by atoms with Crippen molar-refractivity contribution in [2.45, 2.75) is 55.1 Å². The van der Waals surface area contributed by atoms with E-state index in [-0.39, 0.29) is 10.5 Å². The number of aromatic nitrogens is 1. The van der Waals surface area contributed by atoms with Gasteiger partial charge in [-0.1, -0.05) is 12.5 Å². The Bertz CT molecular complexity index is 455. The Morgan fingerprint density at radius 3 is 2.56 bits per heavy atom. The summed E-state index contributed by atoms with van der Waals surface area (Å²) in [6, 6.07) is 3.90. The van der Waals surface area contributed by atoms with Gasteiger partial charge in [0.15, 0.2) is 0 Å². The van der Waals surface area contributed by atoms with Crippen LogP contribution in [0.2, 0.25) is 0 Å². The first-order valence-electron chi connectivity index (χ1n) is 6.63. The molecule has 0 aromatic carbocycles. The van der Waals surface area contributed by atoms with Crippen molar-refractivity contribution < 1.29 is 9.32 Å². The number of rotatable bonds is 1. The van der Waals surface area contributed by atoms with E-state index in [1.165, 1.54) is 0 Å². The Hall–Kier alpha value is -0.740. The second kappa shape index (κ2) is 4.42. The molecule has 2 saturated heterocycles. The molecule has 3 nitrogen and oxygen atoms in total. The van der Waals surface area contributed by atoms with Crippen molar-refractivity contribution in [1.29, 1.82) is 0 Å². The molecule has 0 saturated carbocycles. The zero-order chi connectivity index (χ0) is 12.8. The van der Waals surface area contributed by atoms with E-state index in [2.05, 4.69) is 4.98 Å². The maximum Gasteiger partial charge on any atom is 0.109 e. The number of pyridine rings is 1. The van der Waals surface area contributed by atoms with Gasteiger partial charge in [0.1, 0.15) is 5.60 Å². The zero-order valence-electron chi connectivity index (χ0n) is 10.6. The van der Waals surface area contributed by atoms with Gasteiger partial charge in [-0.25, -0.2) is 0 Å². The second-order valence-corrected chi connectivity index (χ2v) is 7.65. The van der Waals surface area contributed by atoms with Crippen molar-refractivity contribution in [2.75, 3.05) is 0 Å². The lowest BCUT2D eigenvalue weighted by molar-refractivity contribution is 0.00248. The van der Waals surface area contributed by atoms with E-state index in [9.17, 15) is 9.32 Å². The molecule has 1 N–H and O–H groups in total. The summed E-state index contributed by atoms with van der Waals surface area (Å²) in [5, 5.41) is 11.2. The van der Waals surface area contributed by atoms with Crippen LogP contribution >= 0.6 is 0 Å². The van der Waals surface area contributed by atoms with Gasteiger partial charge >= 0.3 is 0 Å². The van der Waals surface area contributed by atoms with Crippen LogP contribution in [0.15, 0.2) is 18.3 Å². The molecule has 2 aliphatic rings. The molecule has 2 fully saturated rings. The van der Waals surface area contributed by atoms with Crippen LogP contribution in [-0.2, 0) is 16.4 Å². The van der Waals surface area contributed by atoms with Crippen LogP contribution in [-0.4, -0.2) is 24.8 Å². The number of hydrogen-bond donors (Lipinski definition) is 1. The van der Waals surface area contributed by atoms with Gasteiger partial charge in [0.25, 0.3) is 0 Å². The van der Waals surface area contributed by atoms with Crippen molar-refractivity contribution in [1.82, 2.24) is 4.98 Å². The SMILES string of the molecule is Cc1ccc(C2(O)CC3CCCC(C2)S3=O)nc1. The molecule has 2 unspecified atom stereocenters. The van der Waals surface area contributed by atoms with E-state index in [1.807, 2.05) is 19.1 Å². The monoisotopic (exact) mass is 265 g/mol. The summed E-state index contributed by atoms with van der Waals surface area (Å²) >= 11 is 0. The molecule has 0 spiro atoms. The summed E-state index contributed by atoms with van der Waals surface area (Å²) in [7, 11) is -0.749. The van der Waals surface area contributed by atoms with E-state index < -0.39 is 16.4 Å². The topological polar surface area (TPSA) is 50.2 Å². The Balaban J connectivity index is 1.91. The largest absolute Gasteiger partial charge is 0.383 e. The van der Waals surface area contributed by atoms with Crippen LogP contribution < -0.4 is 0 Å². The number of aliphatic hydroxyl groups is 1. The van der Waals surface area contributed by atoms with Crippen molar-refractivity contribution in [3.8, 4) is 0 Å². The summed E-state index contributed by atoms with van der Waals surface area (Å²) in [6.45, 7) is 1.99. The standard InChI is InChI=1S/C14H19NO2S/c1-10-5-6-13(15-9-10)14(16)7-11-3-2-4-12(8-14)18(11)17/h5-6,9,11-12,16H,2-4,7-8H2,1H3. The normalized spacial score (nSPS) is 39.6. The number of aryl methyl sites for hydroxylation is 1. The predicted octanol–water partition coefficient (Wildman–Crippen LogP) is 2.04. The second-order valence-electron chi connectivity index (χ2n) is 5.66. The molecular weight excluding hydrogens is 246 g/mol. The molecule has 3 heterocycles. The molecule has 2 atom stereocenters. The van der Waals surface area contributed by atoms with Crippen LogP contribution in [0.4, 0.5) is 0 Å². The fourth-order valence-corrected chi connectivity index (χ4v) is 5.46. The molecule has 1 aromatic rings. The van der Waals surface area contributed by atoms with Gasteiger partial charge in [-0.05, 0) is 44.2 Å². The van der Waals surface area contributed by atoms with Crippen LogP contribution in [0.3, 0.4) is 0 Å². The quantitative estimate of drug-likeness (QED) is 0.845. The van der Waals surface area contributed by atoms with Gasteiger partial charge in [0.2, 0.25) is 0 Å². The lowest BCUT2D eigenvalue weighted by Crippen LogP contribution is -2.47. The van der Waals surface area contributed by atoms with Gasteiger partial charge in [0.05, 0.1) is 5.69 Å². The molecule has 2 aliphatic heterocycles. The maximum absolute atomic E-state index is 12.2. The third-order valence-corrected chi connectivity index (χ3v) is 6.35. The minimum absolute atomic E-state index is 0.158. The van der Waals surface area contributed by atoms with E-state index in [4.69, 9.17) is 0 Å². The molecule has 0 amide bonds. The van der Waals surface area contributed by atoms with E-state index in [1.54, 1.807) is 6.20 Å². The van der Waals surface area contributed by atoms with Gasteiger partial charge in [-0.3, -0.25) is 9.19 Å². The molecule has 3 rings (SSSR count). The summed E-state index contributed by atoms with van der Waals surface area (Å²) in [6.07, 6.45) is 6.13. The van der Waals surface area contributed by atoms with Gasteiger partial charge in [-0.2, -0.15) is 0 Å². The highest BCUT2D eigenvalue weighted by molar-refractivity contribution is 7.86. The van der Waals surface area contributed by atoms with Crippen LogP contribution in [0.25, 0.3) is 0 Å². The molecule has 1 aromatic heterocycles. The summed E-state index contributed by atoms with van der Waals surface area (Å²) in [4.78, 5) is 4.38. The highest BCUT2D eigenvalue weighted by Gasteiger charge is 2.47. The summed E-state index contributed by atoms with van der Waals surface area (Å²) in [5.41, 5.74) is 0.987. The first kappa shape index (κ1) is 12.3. The lowest BCUT2D eigenvalue weighted by Gasteiger charge is -2.43. The molecule has 18 heavy (non-hydrogen) atoms. The zero-order valence-corrected chi connectivity index (χ0v) is 11.4. The van der Waals surface area contributed by atoms with E-state index in [0.717, 1.165) is 30.5 Å². The van der Waals surface area contributed by atoms with E-state index >= 15 is 0 Å². The average molecular weight is 265 g/mol. The highest BCUT2D eigenvalue weighted by Crippen LogP contribution is 2.43. The Labute approximate surface area is 110 Å². The summed E-state index contributed by atoms with van der Waals surface area (Å²) in [5.74, 6) is 0. The van der Waals surface area contributed by atoms with Crippen molar-refractivity contribution in [3.63, 3.8) is 0 Å². The first-order chi connectivity index (χ1) is 8.58.